The third-order valence-electron chi connectivity index (χ3n) is 8.24. The van der Waals surface area contributed by atoms with E-state index >= 15 is 0 Å². The highest BCUT2D eigenvalue weighted by Crippen LogP contribution is 2.63. The van der Waals surface area contributed by atoms with Gasteiger partial charge in [-0.1, -0.05) is 26.0 Å². The Morgan fingerprint density at radius 1 is 1.22 bits per heavy atom. The van der Waals surface area contributed by atoms with Gasteiger partial charge < -0.3 is 21.1 Å². The fourth-order valence-corrected chi connectivity index (χ4v) is 6.52. The van der Waals surface area contributed by atoms with Crippen molar-refractivity contribution in [1.82, 2.24) is 0 Å². The number of aliphatic hydroxyl groups excluding tert-OH is 2. The van der Waals surface area contributed by atoms with E-state index in [1.807, 2.05) is 0 Å². The molecule has 3 aliphatic rings. The smallest absolute Gasteiger partial charge is 0.300 e. The fourth-order valence-electron chi connectivity index (χ4n) is 6.52. The lowest BCUT2D eigenvalue weighted by Crippen LogP contribution is -2.52. The van der Waals surface area contributed by atoms with Gasteiger partial charge >= 0.3 is 0 Å². The molecule has 0 aromatic rings. The van der Waals surface area contributed by atoms with Gasteiger partial charge in [-0.15, -0.1) is 0 Å². The second-order valence-corrected chi connectivity index (χ2v) is 9.54. The van der Waals surface area contributed by atoms with Gasteiger partial charge in [0.2, 0.25) is 0 Å². The summed E-state index contributed by atoms with van der Waals surface area (Å²) in [5, 5.41) is 27.7. The van der Waals surface area contributed by atoms with Crippen molar-refractivity contribution in [3.63, 3.8) is 0 Å². The number of aliphatic carboxylic acids is 1. The molecule has 3 saturated carbocycles. The summed E-state index contributed by atoms with van der Waals surface area (Å²) in [5.41, 5.74) is 7.89. The average Bonchev–Trinajstić information content (AvgIpc) is 2.91. The molecule has 0 aromatic heterocycles. The second-order valence-electron chi connectivity index (χ2n) is 9.54. The Morgan fingerprint density at radius 3 is 2.41 bits per heavy atom. The van der Waals surface area contributed by atoms with Crippen molar-refractivity contribution in [1.29, 1.82) is 0 Å². The molecule has 27 heavy (non-hydrogen) atoms. The molecule has 0 radical (unpaired) electrons. The SMILES string of the molecule is C=C1CCC2[C@H](CO)C([C@@]3(C)CC[C@H](O)C[C@@H]3CN)CC[C@]12C.CC(=O)O. The largest absolute Gasteiger partial charge is 0.481 e. The molecule has 0 aromatic carbocycles. The molecule has 0 amide bonds. The number of carboxylic acid groups (broad SMARTS) is 1. The zero-order chi connectivity index (χ0) is 20.4. The van der Waals surface area contributed by atoms with Crippen LogP contribution in [0.1, 0.15) is 65.7 Å². The minimum absolute atomic E-state index is 0.159. The molecule has 3 rings (SSSR count). The van der Waals surface area contributed by atoms with Gasteiger partial charge in [-0.25, -0.2) is 0 Å². The molecule has 5 N–H and O–H groups in total. The van der Waals surface area contributed by atoms with Crippen LogP contribution in [0, 0.1) is 34.5 Å². The first-order valence-electron chi connectivity index (χ1n) is 10.5. The van der Waals surface area contributed by atoms with Gasteiger partial charge in [-0.05, 0) is 86.0 Å². The molecule has 0 spiro atoms. The van der Waals surface area contributed by atoms with Crippen LogP contribution in [-0.4, -0.2) is 40.5 Å². The van der Waals surface area contributed by atoms with Crippen LogP contribution in [0.2, 0.25) is 0 Å². The van der Waals surface area contributed by atoms with E-state index < -0.39 is 5.97 Å². The van der Waals surface area contributed by atoms with Crippen LogP contribution in [0.3, 0.4) is 0 Å². The van der Waals surface area contributed by atoms with Crippen LogP contribution in [0.5, 0.6) is 0 Å². The fraction of sp³-hybridized carbons (Fsp3) is 0.864. The maximum atomic E-state index is 10.3. The topological polar surface area (TPSA) is 104 Å². The number of aliphatic hydroxyl groups is 2. The van der Waals surface area contributed by atoms with Gasteiger partial charge in [0.1, 0.15) is 0 Å². The number of carboxylic acids is 1. The third-order valence-corrected chi connectivity index (χ3v) is 8.24. The van der Waals surface area contributed by atoms with Crippen molar-refractivity contribution in [3.05, 3.63) is 12.2 Å². The Hall–Kier alpha value is -0.910. The van der Waals surface area contributed by atoms with E-state index in [2.05, 4.69) is 20.4 Å². The molecule has 0 saturated heterocycles. The Bertz CT molecular complexity index is 546. The highest BCUT2D eigenvalue weighted by molar-refractivity contribution is 5.62. The van der Waals surface area contributed by atoms with Crippen molar-refractivity contribution in [2.75, 3.05) is 13.2 Å². The van der Waals surface area contributed by atoms with Crippen molar-refractivity contribution in [2.24, 2.45) is 40.2 Å². The van der Waals surface area contributed by atoms with Crippen molar-refractivity contribution in [2.45, 2.75) is 71.8 Å². The Balaban J connectivity index is 0.000000596. The quantitative estimate of drug-likeness (QED) is 0.562. The van der Waals surface area contributed by atoms with Crippen molar-refractivity contribution in [3.8, 4) is 0 Å². The number of rotatable bonds is 3. The summed E-state index contributed by atoms with van der Waals surface area (Å²) >= 11 is 0. The highest BCUT2D eigenvalue weighted by atomic mass is 16.4. The molecule has 0 aliphatic heterocycles. The summed E-state index contributed by atoms with van der Waals surface area (Å²) in [6, 6.07) is 0. The standard InChI is InChI=1S/C20H35NO2.C2H4O2/c1-13-4-5-17-16(12-22)18(7-9-19(13,17)2)20(3)8-6-15(23)10-14(20)11-21;1-2(3)4/h14-18,22-23H,1,4-12,21H2,2-3H3;1H3,(H,3,4)/t14-,15+,16+,17?,18?,19-,20+;/m1./s1. The van der Waals surface area contributed by atoms with E-state index in [4.69, 9.17) is 15.6 Å². The first-order chi connectivity index (χ1) is 12.6. The Morgan fingerprint density at radius 2 is 1.85 bits per heavy atom. The van der Waals surface area contributed by atoms with Crippen LogP contribution < -0.4 is 5.73 Å². The van der Waals surface area contributed by atoms with Crippen molar-refractivity contribution < 1.29 is 20.1 Å². The summed E-state index contributed by atoms with van der Waals surface area (Å²) < 4.78 is 0. The van der Waals surface area contributed by atoms with E-state index in [0.717, 1.165) is 32.6 Å². The summed E-state index contributed by atoms with van der Waals surface area (Å²) in [6.45, 7) is 11.1. The van der Waals surface area contributed by atoms with Gasteiger partial charge in [0.25, 0.3) is 5.97 Å². The zero-order valence-corrected chi connectivity index (χ0v) is 17.3. The lowest BCUT2D eigenvalue weighted by molar-refractivity contribution is -0.134. The summed E-state index contributed by atoms with van der Waals surface area (Å²) in [4.78, 5) is 9.00. The van der Waals surface area contributed by atoms with Gasteiger partial charge in [-0.3, -0.25) is 4.79 Å². The minimum Gasteiger partial charge on any atom is -0.481 e. The van der Waals surface area contributed by atoms with Crippen LogP contribution >= 0.6 is 0 Å². The molecule has 5 heteroatoms. The summed E-state index contributed by atoms with van der Waals surface area (Å²) in [5.74, 6) is 1.000. The van der Waals surface area contributed by atoms with E-state index in [1.54, 1.807) is 0 Å². The average molecular weight is 382 g/mol. The zero-order valence-electron chi connectivity index (χ0n) is 17.3. The molecule has 0 heterocycles. The third kappa shape index (κ3) is 4.25. The van der Waals surface area contributed by atoms with E-state index in [9.17, 15) is 10.2 Å². The number of hydrogen-bond donors (Lipinski definition) is 4. The molecule has 156 valence electrons. The molecule has 0 bridgehead atoms. The number of fused-ring (bicyclic) bond motifs is 1. The normalized spacial score (nSPS) is 44.2. The molecule has 3 aliphatic carbocycles. The van der Waals surface area contributed by atoms with Gasteiger partial charge in [0.15, 0.2) is 0 Å². The van der Waals surface area contributed by atoms with E-state index in [-0.39, 0.29) is 23.5 Å². The van der Waals surface area contributed by atoms with Crippen LogP contribution in [0.25, 0.3) is 0 Å². The van der Waals surface area contributed by atoms with E-state index in [0.29, 0.717) is 30.2 Å². The molecule has 3 fully saturated rings. The molecular weight excluding hydrogens is 342 g/mol. The first kappa shape index (κ1) is 22.4. The lowest BCUT2D eigenvalue weighted by atomic mass is 9.49. The summed E-state index contributed by atoms with van der Waals surface area (Å²) in [7, 11) is 0. The predicted octanol–water partition coefficient (Wildman–Crippen LogP) is 3.19. The lowest BCUT2D eigenvalue weighted by Gasteiger charge is -2.56. The van der Waals surface area contributed by atoms with Crippen molar-refractivity contribution >= 4 is 5.97 Å². The van der Waals surface area contributed by atoms with Gasteiger partial charge in [-0.2, -0.15) is 0 Å². The minimum atomic E-state index is -0.833. The molecular formula is C22H39NO4. The number of nitrogens with two attached hydrogens (primary N) is 1. The maximum absolute atomic E-state index is 10.3. The molecule has 5 nitrogen and oxygen atoms in total. The summed E-state index contributed by atoms with van der Waals surface area (Å²) in [6.07, 6.45) is 7.24. The Kier molecular flexibility index (Phi) is 7.15. The predicted molar refractivity (Wildman–Crippen MR) is 107 cm³/mol. The number of hydrogen-bond acceptors (Lipinski definition) is 4. The van der Waals surface area contributed by atoms with Crippen LogP contribution in [-0.2, 0) is 4.79 Å². The molecule has 2 unspecified atom stereocenters. The maximum Gasteiger partial charge on any atom is 0.300 e. The number of allylic oxidation sites excluding steroid dienone is 1. The second kappa shape index (κ2) is 8.62. The van der Waals surface area contributed by atoms with Crippen LogP contribution in [0.15, 0.2) is 12.2 Å². The van der Waals surface area contributed by atoms with Gasteiger partial charge in [0.05, 0.1) is 6.10 Å². The molecule has 7 atom stereocenters. The first-order valence-corrected chi connectivity index (χ1v) is 10.5. The number of carbonyl (C=O) groups is 1. The Labute approximate surface area is 164 Å². The van der Waals surface area contributed by atoms with Crippen LogP contribution in [0.4, 0.5) is 0 Å². The monoisotopic (exact) mass is 381 g/mol. The van der Waals surface area contributed by atoms with Gasteiger partial charge in [0, 0.05) is 13.5 Å². The highest BCUT2D eigenvalue weighted by Gasteiger charge is 2.56. The van der Waals surface area contributed by atoms with E-state index in [1.165, 1.54) is 24.8 Å².